The second kappa shape index (κ2) is 4.17. The van der Waals surface area contributed by atoms with Crippen LogP contribution in [0.1, 0.15) is 22.6 Å². The standard InChI is InChI=1S/C14H16N2O/c1-8-5-13(17)16-11(4)14(8)12-6-9(2)15-10(3)7-12/h5-7H,1-4H3,(H,16,17). The first-order valence-electron chi connectivity index (χ1n) is 5.63. The molecule has 0 saturated heterocycles. The monoisotopic (exact) mass is 228 g/mol. The van der Waals surface area contributed by atoms with Crippen molar-refractivity contribution in [3.63, 3.8) is 0 Å². The molecule has 0 aliphatic heterocycles. The van der Waals surface area contributed by atoms with Crippen LogP contribution in [0.15, 0.2) is 23.0 Å². The van der Waals surface area contributed by atoms with Gasteiger partial charge in [-0.05, 0) is 51.0 Å². The normalized spacial score (nSPS) is 10.6. The summed E-state index contributed by atoms with van der Waals surface area (Å²) in [6.07, 6.45) is 0. The summed E-state index contributed by atoms with van der Waals surface area (Å²) in [5, 5.41) is 0. The number of rotatable bonds is 1. The number of H-pyrrole nitrogens is 1. The highest BCUT2D eigenvalue weighted by atomic mass is 16.1. The predicted molar refractivity (Wildman–Crippen MR) is 69.2 cm³/mol. The molecule has 0 saturated carbocycles. The number of nitrogens with zero attached hydrogens (tertiary/aromatic N) is 1. The fraction of sp³-hybridized carbons (Fsp3) is 0.286. The van der Waals surface area contributed by atoms with Crippen molar-refractivity contribution in [1.29, 1.82) is 0 Å². The van der Waals surface area contributed by atoms with Gasteiger partial charge in [-0.25, -0.2) is 0 Å². The maximum Gasteiger partial charge on any atom is 0.248 e. The van der Waals surface area contributed by atoms with E-state index in [2.05, 4.69) is 9.97 Å². The molecule has 0 unspecified atom stereocenters. The minimum atomic E-state index is -0.0498. The molecule has 2 rings (SSSR count). The molecular weight excluding hydrogens is 212 g/mol. The summed E-state index contributed by atoms with van der Waals surface area (Å²) < 4.78 is 0. The Kier molecular flexibility index (Phi) is 2.84. The van der Waals surface area contributed by atoms with Gasteiger partial charge >= 0.3 is 0 Å². The minimum Gasteiger partial charge on any atom is -0.326 e. The molecule has 3 nitrogen and oxygen atoms in total. The van der Waals surface area contributed by atoms with Gasteiger partial charge in [0.15, 0.2) is 0 Å². The fourth-order valence-corrected chi connectivity index (χ4v) is 2.27. The number of aromatic amines is 1. The lowest BCUT2D eigenvalue weighted by Gasteiger charge is -2.10. The number of aryl methyl sites for hydroxylation is 4. The predicted octanol–water partition coefficient (Wildman–Crippen LogP) is 2.67. The van der Waals surface area contributed by atoms with E-state index < -0.39 is 0 Å². The van der Waals surface area contributed by atoms with Crippen molar-refractivity contribution >= 4 is 0 Å². The molecule has 17 heavy (non-hydrogen) atoms. The van der Waals surface area contributed by atoms with Crippen molar-refractivity contribution in [2.24, 2.45) is 0 Å². The Labute approximate surface area is 101 Å². The van der Waals surface area contributed by atoms with Crippen molar-refractivity contribution in [1.82, 2.24) is 9.97 Å². The van der Waals surface area contributed by atoms with Gasteiger partial charge in [0.25, 0.3) is 0 Å². The maximum absolute atomic E-state index is 11.4. The molecule has 2 aromatic rings. The van der Waals surface area contributed by atoms with Crippen LogP contribution in [0, 0.1) is 27.7 Å². The topological polar surface area (TPSA) is 45.8 Å². The first-order valence-corrected chi connectivity index (χ1v) is 5.63. The van der Waals surface area contributed by atoms with E-state index in [0.29, 0.717) is 0 Å². The van der Waals surface area contributed by atoms with Gasteiger partial charge in [0.1, 0.15) is 0 Å². The number of aromatic nitrogens is 2. The fourth-order valence-electron chi connectivity index (χ4n) is 2.27. The lowest BCUT2D eigenvalue weighted by Crippen LogP contribution is -2.08. The van der Waals surface area contributed by atoms with Gasteiger partial charge in [0.05, 0.1) is 0 Å². The molecule has 3 heteroatoms. The average molecular weight is 228 g/mol. The van der Waals surface area contributed by atoms with Crippen LogP contribution in [0.25, 0.3) is 11.1 Å². The summed E-state index contributed by atoms with van der Waals surface area (Å²) in [7, 11) is 0. The Morgan fingerprint density at radius 1 is 1.00 bits per heavy atom. The van der Waals surface area contributed by atoms with Crippen molar-refractivity contribution in [3.8, 4) is 11.1 Å². The van der Waals surface area contributed by atoms with Crippen LogP contribution < -0.4 is 5.56 Å². The molecule has 0 fully saturated rings. The maximum atomic E-state index is 11.4. The van der Waals surface area contributed by atoms with Gasteiger partial charge in [-0.2, -0.15) is 0 Å². The van der Waals surface area contributed by atoms with E-state index in [1.165, 1.54) is 0 Å². The van der Waals surface area contributed by atoms with Crippen molar-refractivity contribution in [3.05, 3.63) is 51.2 Å². The summed E-state index contributed by atoms with van der Waals surface area (Å²) in [5.74, 6) is 0. The SMILES string of the molecule is Cc1cc(-c2c(C)cc(=O)[nH]c2C)cc(C)n1. The summed E-state index contributed by atoms with van der Waals surface area (Å²) in [4.78, 5) is 18.6. The highest BCUT2D eigenvalue weighted by molar-refractivity contribution is 5.69. The highest BCUT2D eigenvalue weighted by Gasteiger charge is 2.08. The van der Waals surface area contributed by atoms with Crippen molar-refractivity contribution in [2.45, 2.75) is 27.7 Å². The largest absolute Gasteiger partial charge is 0.326 e. The first-order chi connectivity index (χ1) is 7.97. The third-order valence-corrected chi connectivity index (χ3v) is 2.80. The Morgan fingerprint density at radius 2 is 1.59 bits per heavy atom. The van der Waals surface area contributed by atoms with E-state index >= 15 is 0 Å². The quantitative estimate of drug-likeness (QED) is 0.815. The summed E-state index contributed by atoms with van der Waals surface area (Å²) in [6, 6.07) is 5.72. The number of pyridine rings is 2. The third kappa shape index (κ3) is 2.28. The van der Waals surface area contributed by atoms with E-state index in [1.54, 1.807) is 6.07 Å². The Hall–Kier alpha value is -1.90. The van der Waals surface area contributed by atoms with E-state index in [1.807, 2.05) is 39.8 Å². The van der Waals surface area contributed by atoms with Crippen LogP contribution in [0.3, 0.4) is 0 Å². The van der Waals surface area contributed by atoms with Gasteiger partial charge in [-0.1, -0.05) is 0 Å². The van der Waals surface area contributed by atoms with Crippen molar-refractivity contribution < 1.29 is 0 Å². The molecule has 2 heterocycles. The van der Waals surface area contributed by atoms with E-state index in [0.717, 1.165) is 33.8 Å². The van der Waals surface area contributed by atoms with Gasteiger partial charge in [-0.15, -0.1) is 0 Å². The Morgan fingerprint density at radius 3 is 2.12 bits per heavy atom. The van der Waals surface area contributed by atoms with Gasteiger partial charge in [0.2, 0.25) is 5.56 Å². The molecule has 0 aromatic carbocycles. The number of nitrogens with one attached hydrogen (secondary N) is 1. The third-order valence-electron chi connectivity index (χ3n) is 2.80. The van der Waals surface area contributed by atoms with E-state index in [9.17, 15) is 4.79 Å². The molecule has 0 spiro atoms. The number of hydrogen-bond acceptors (Lipinski definition) is 2. The summed E-state index contributed by atoms with van der Waals surface area (Å²) in [5.41, 5.74) is 6.04. The van der Waals surface area contributed by atoms with Gasteiger partial charge < -0.3 is 4.98 Å². The second-order valence-corrected chi connectivity index (χ2v) is 4.46. The zero-order chi connectivity index (χ0) is 12.6. The zero-order valence-corrected chi connectivity index (χ0v) is 10.6. The Bertz CT molecular complexity index is 580. The minimum absolute atomic E-state index is 0.0498. The van der Waals surface area contributed by atoms with E-state index in [-0.39, 0.29) is 5.56 Å². The molecule has 0 aliphatic rings. The first kappa shape index (κ1) is 11.6. The average Bonchev–Trinajstić information content (AvgIpc) is 2.13. The molecule has 88 valence electrons. The zero-order valence-electron chi connectivity index (χ0n) is 10.6. The highest BCUT2D eigenvalue weighted by Crippen LogP contribution is 2.25. The second-order valence-electron chi connectivity index (χ2n) is 4.46. The van der Waals surface area contributed by atoms with Gasteiger partial charge in [0, 0.05) is 28.7 Å². The number of hydrogen-bond donors (Lipinski definition) is 1. The molecule has 0 aliphatic carbocycles. The van der Waals surface area contributed by atoms with Crippen LogP contribution in [-0.2, 0) is 0 Å². The molecule has 2 aromatic heterocycles. The molecule has 0 atom stereocenters. The molecule has 0 radical (unpaired) electrons. The lowest BCUT2D eigenvalue weighted by molar-refractivity contribution is 1.10. The summed E-state index contributed by atoms with van der Waals surface area (Å²) in [6.45, 7) is 7.84. The lowest BCUT2D eigenvalue weighted by atomic mass is 9.99. The Balaban J connectivity index is 2.72. The van der Waals surface area contributed by atoms with Crippen molar-refractivity contribution in [2.75, 3.05) is 0 Å². The molecule has 0 bridgehead atoms. The van der Waals surface area contributed by atoms with Gasteiger partial charge in [-0.3, -0.25) is 9.78 Å². The smallest absolute Gasteiger partial charge is 0.248 e. The van der Waals surface area contributed by atoms with Crippen LogP contribution >= 0.6 is 0 Å². The summed E-state index contributed by atoms with van der Waals surface area (Å²) >= 11 is 0. The van der Waals surface area contributed by atoms with Crippen LogP contribution in [0.4, 0.5) is 0 Å². The molecular formula is C14H16N2O. The van der Waals surface area contributed by atoms with E-state index in [4.69, 9.17) is 0 Å². The molecule has 1 N–H and O–H groups in total. The van der Waals surface area contributed by atoms with Crippen LogP contribution in [-0.4, -0.2) is 9.97 Å². The van der Waals surface area contributed by atoms with Crippen LogP contribution in [0.5, 0.6) is 0 Å². The molecule has 0 amide bonds. The van der Waals surface area contributed by atoms with Crippen LogP contribution in [0.2, 0.25) is 0 Å².